The molecule has 0 radical (unpaired) electrons. The Balaban J connectivity index is 2.68. The molecule has 0 aliphatic heterocycles. The molecule has 0 heterocycles. The summed E-state index contributed by atoms with van der Waals surface area (Å²) >= 11 is 0. The van der Waals surface area contributed by atoms with Gasteiger partial charge in [-0.05, 0) is 23.1 Å². The number of halogens is 1. The zero-order valence-electron chi connectivity index (χ0n) is 9.96. The van der Waals surface area contributed by atoms with Gasteiger partial charge in [0.25, 0.3) is 0 Å². The normalized spacial score (nSPS) is 13.6. The second-order valence-corrected chi connectivity index (χ2v) is 5.11. The Hall–Kier alpha value is -1.22. The number of hydrogen-bond donors (Lipinski definition) is 1. The van der Waals surface area contributed by atoms with Gasteiger partial charge in [-0.3, -0.25) is 4.79 Å². The number of hydrogen-bond acceptors (Lipinski definition) is 2. The highest BCUT2D eigenvalue weighted by Gasteiger charge is 2.26. The molecule has 2 nitrogen and oxygen atoms in total. The molecular weight excluding hydrogens is 205 g/mol. The maximum absolute atomic E-state index is 12.7. The third-order valence-electron chi connectivity index (χ3n) is 2.57. The Kier molecular flexibility index (Phi) is 3.81. The summed E-state index contributed by atoms with van der Waals surface area (Å²) in [5.41, 5.74) is 6.41. The number of Topliss-reactive ketones (excluding diaryl/α,β-unsaturated/α-hetero) is 1. The highest BCUT2D eigenvalue weighted by Crippen LogP contribution is 2.19. The van der Waals surface area contributed by atoms with Crippen LogP contribution in [0.1, 0.15) is 26.3 Å². The largest absolute Gasteiger partial charge is 0.321 e. The zero-order valence-corrected chi connectivity index (χ0v) is 9.96. The van der Waals surface area contributed by atoms with Crippen molar-refractivity contribution in [3.05, 3.63) is 35.6 Å². The minimum atomic E-state index is -0.488. The number of ketones is 1. The Morgan fingerprint density at radius 3 is 2.25 bits per heavy atom. The van der Waals surface area contributed by atoms with E-state index in [1.807, 2.05) is 20.8 Å². The number of rotatable bonds is 3. The second kappa shape index (κ2) is 4.74. The first-order valence-electron chi connectivity index (χ1n) is 5.33. The van der Waals surface area contributed by atoms with Crippen LogP contribution in [0.4, 0.5) is 4.39 Å². The van der Waals surface area contributed by atoms with Crippen molar-refractivity contribution in [3.63, 3.8) is 0 Å². The molecule has 1 aromatic rings. The molecule has 1 rings (SSSR count). The summed E-state index contributed by atoms with van der Waals surface area (Å²) in [6, 6.07) is 5.44. The van der Waals surface area contributed by atoms with Crippen molar-refractivity contribution in [1.82, 2.24) is 0 Å². The zero-order chi connectivity index (χ0) is 12.3. The van der Waals surface area contributed by atoms with Crippen LogP contribution in [-0.2, 0) is 11.2 Å². The molecule has 88 valence electrons. The lowest BCUT2D eigenvalue weighted by atomic mass is 9.83. The van der Waals surface area contributed by atoms with Crippen LogP contribution in [0.2, 0.25) is 0 Å². The number of carbonyl (C=O) groups is 1. The molecule has 0 amide bonds. The van der Waals surface area contributed by atoms with E-state index in [0.717, 1.165) is 5.56 Å². The first-order valence-corrected chi connectivity index (χ1v) is 5.33. The third-order valence-corrected chi connectivity index (χ3v) is 2.57. The van der Waals surface area contributed by atoms with Crippen LogP contribution in [0, 0.1) is 11.2 Å². The van der Waals surface area contributed by atoms with Crippen LogP contribution in [0.25, 0.3) is 0 Å². The molecule has 0 aliphatic rings. The number of nitrogens with two attached hydrogens (primary N) is 1. The van der Waals surface area contributed by atoms with Crippen molar-refractivity contribution >= 4 is 5.78 Å². The molecular formula is C13H18FNO. The fourth-order valence-electron chi connectivity index (χ4n) is 1.40. The minimum Gasteiger partial charge on any atom is -0.321 e. The predicted molar refractivity (Wildman–Crippen MR) is 62.5 cm³/mol. The summed E-state index contributed by atoms with van der Waals surface area (Å²) in [5.74, 6) is -0.310. The highest BCUT2D eigenvalue weighted by atomic mass is 19.1. The summed E-state index contributed by atoms with van der Waals surface area (Å²) in [5, 5.41) is 0. The fraction of sp³-hybridized carbons (Fsp3) is 0.462. The summed E-state index contributed by atoms with van der Waals surface area (Å²) in [6.07, 6.45) is 0.263. The second-order valence-electron chi connectivity index (χ2n) is 5.11. The van der Waals surface area contributed by atoms with Crippen molar-refractivity contribution in [1.29, 1.82) is 0 Å². The van der Waals surface area contributed by atoms with E-state index < -0.39 is 6.04 Å². The van der Waals surface area contributed by atoms with E-state index in [9.17, 15) is 9.18 Å². The van der Waals surface area contributed by atoms with Gasteiger partial charge in [-0.2, -0.15) is 0 Å². The molecule has 1 atom stereocenters. The summed E-state index contributed by atoms with van der Waals surface area (Å²) in [6.45, 7) is 5.79. The van der Waals surface area contributed by atoms with Gasteiger partial charge in [-0.1, -0.05) is 32.9 Å². The fourth-order valence-corrected chi connectivity index (χ4v) is 1.40. The van der Waals surface area contributed by atoms with Gasteiger partial charge in [0.15, 0.2) is 5.78 Å². The van der Waals surface area contributed by atoms with Gasteiger partial charge in [-0.15, -0.1) is 0 Å². The lowest BCUT2D eigenvalue weighted by molar-refractivity contribution is -0.121. The van der Waals surface area contributed by atoms with Gasteiger partial charge < -0.3 is 5.73 Å². The quantitative estimate of drug-likeness (QED) is 0.854. The van der Waals surface area contributed by atoms with Gasteiger partial charge in [0, 0.05) is 6.42 Å². The summed E-state index contributed by atoms with van der Waals surface area (Å²) in [4.78, 5) is 11.8. The monoisotopic (exact) mass is 223 g/mol. The average molecular weight is 223 g/mol. The van der Waals surface area contributed by atoms with Crippen LogP contribution in [0.15, 0.2) is 24.3 Å². The Morgan fingerprint density at radius 1 is 1.31 bits per heavy atom. The lowest BCUT2D eigenvalue weighted by Crippen LogP contribution is -2.43. The topological polar surface area (TPSA) is 43.1 Å². The maximum atomic E-state index is 12.7. The number of benzene rings is 1. The molecule has 0 fully saturated rings. The molecule has 0 aliphatic carbocycles. The Morgan fingerprint density at radius 2 is 1.81 bits per heavy atom. The Bertz CT molecular complexity index is 365. The van der Waals surface area contributed by atoms with Crippen LogP contribution < -0.4 is 5.73 Å². The first kappa shape index (κ1) is 12.8. The molecule has 0 saturated heterocycles. The number of carbonyl (C=O) groups excluding carboxylic acids is 1. The van der Waals surface area contributed by atoms with Crippen molar-refractivity contribution in [2.24, 2.45) is 11.1 Å². The van der Waals surface area contributed by atoms with E-state index in [1.165, 1.54) is 12.1 Å². The van der Waals surface area contributed by atoms with Crippen LogP contribution >= 0.6 is 0 Å². The molecule has 0 spiro atoms. The average Bonchev–Trinajstić information content (AvgIpc) is 2.19. The molecule has 1 aromatic carbocycles. The smallest absolute Gasteiger partial charge is 0.154 e. The van der Waals surface area contributed by atoms with Gasteiger partial charge in [0.2, 0.25) is 0 Å². The van der Waals surface area contributed by atoms with E-state index in [2.05, 4.69) is 0 Å². The summed E-state index contributed by atoms with van der Waals surface area (Å²) in [7, 11) is 0. The maximum Gasteiger partial charge on any atom is 0.154 e. The third kappa shape index (κ3) is 3.42. The SMILES string of the molecule is CC(C)(C)C(N)C(=O)Cc1ccc(F)cc1. The van der Waals surface area contributed by atoms with Gasteiger partial charge >= 0.3 is 0 Å². The van der Waals surface area contributed by atoms with Crippen LogP contribution in [0.5, 0.6) is 0 Å². The Labute approximate surface area is 95.7 Å². The van der Waals surface area contributed by atoms with E-state index >= 15 is 0 Å². The van der Waals surface area contributed by atoms with Crippen molar-refractivity contribution in [2.75, 3.05) is 0 Å². The van der Waals surface area contributed by atoms with Crippen LogP contribution in [0.3, 0.4) is 0 Å². The molecule has 2 N–H and O–H groups in total. The standard InChI is InChI=1S/C13H18FNO/c1-13(2,3)12(15)11(16)8-9-4-6-10(14)7-5-9/h4-7,12H,8,15H2,1-3H3. The van der Waals surface area contributed by atoms with E-state index in [-0.39, 0.29) is 23.4 Å². The van der Waals surface area contributed by atoms with Crippen molar-refractivity contribution in [3.8, 4) is 0 Å². The van der Waals surface area contributed by atoms with Crippen molar-refractivity contribution < 1.29 is 9.18 Å². The van der Waals surface area contributed by atoms with Gasteiger partial charge in [-0.25, -0.2) is 4.39 Å². The van der Waals surface area contributed by atoms with Gasteiger partial charge in [0.05, 0.1) is 6.04 Å². The van der Waals surface area contributed by atoms with E-state index in [0.29, 0.717) is 0 Å². The minimum absolute atomic E-state index is 0.0147. The molecule has 1 unspecified atom stereocenters. The highest BCUT2D eigenvalue weighted by molar-refractivity contribution is 5.86. The van der Waals surface area contributed by atoms with Gasteiger partial charge in [0.1, 0.15) is 5.82 Å². The van der Waals surface area contributed by atoms with E-state index in [1.54, 1.807) is 12.1 Å². The molecule has 16 heavy (non-hydrogen) atoms. The molecule has 0 bridgehead atoms. The predicted octanol–water partition coefficient (Wildman–Crippen LogP) is 2.31. The van der Waals surface area contributed by atoms with Crippen molar-refractivity contribution in [2.45, 2.75) is 33.2 Å². The summed E-state index contributed by atoms with van der Waals surface area (Å²) < 4.78 is 12.7. The molecule has 0 aromatic heterocycles. The van der Waals surface area contributed by atoms with E-state index in [4.69, 9.17) is 5.73 Å². The van der Waals surface area contributed by atoms with Crippen LogP contribution in [-0.4, -0.2) is 11.8 Å². The molecule has 0 saturated carbocycles. The lowest BCUT2D eigenvalue weighted by Gasteiger charge is -2.25. The molecule has 3 heteroatoms. The first-order chi connectivity index (χ1) is 7.30.